The Kier molecular flexibility index (Phi) is 9.00. The number of hydrogen-bond acceptors (Lipinski definition) is 8. The fraction of sp³-hybridized carbons (Fsp3) is 0.400. The van der Waals surface area contributed by atoms with E-state index in [9.17, 15) is 9.59 Å². The minimum atomic E-state index is -0.485. The van der Waals surface area contributed by atoms with Gasteiger partial charge in [0.05, 0.1) is 27.0 Å². The fourth-order valence-electron chi connectivity index (χ4n) is 3.69. The highest BCUT2D eigenvalue weighted by atomic mass is 16.6. The van der Waals surface area contributed by atoms with Gasteiger partial charge < -0.3 is 14.2 Å². The molecule has 2 aromatic carbocycles. The summed E-state index contributed by atoms with van der Waals surface area (Å²) in [6, 6.07) is 11.9. The Hall–Kier alpha value is -3.43. The molecule has 1 aliphatic heterocycles. The number of methoxy groups -OCH3 is 2. The van der Waals surface area contributed by atoms with Gasteiger partial charge in [-0.1, -0.05) is 29.8 Å². The van der Waals surface area contributed by atoms with E-state index in [-0.39, 0.29) is 18.2 Å². The number of nitrogens with zero attached hydrogens (tertiary/aromatic N) is 3. The minimum absolute atomic E-state index is 0.182. The minimum Gasteiger partial charge on any atom is -0.493 e. The maximum absolute atomic E-state index is 12.3. The lowest BCUT2D eigenvalue weighted by molar-refractivity contribution is -0.132. The molecule has 1 fully saturated rings. The lowest BCUT2D eigenvalue weighted by atomic mass is 10.1. The molecule has 0 radical (unpaired) electrons. The zero-order valence-electron chi connectivity index (χ0n) is 20.2. The molecule has 0 saturated carbocycles. The SMILES string of the molecule is COc1cc(/C=N/NC(=O)CN2CCN(Cc3ccc(C)cc3)CC2)cc(OC)c1OC(C)=O. The first-order chi connectivity index (χ1) is 16.4. The summed E-state index contributed by atoms with van der Waals surface area (Å²) in [4.78, 5) is 28.2. The first-order valence-corrected chi connectivity index (χ1v) is 11.1. The van der Waals surface area contributed by atoms with E-state index < -0.39 is 5.97 Å². The van der Waals surface area contributed by atoms with Crippen LogP contribution in [0, 0.1) is 6.92 Å². The van der Waals surface area contributed by atoms with Crippen molar-refractivity contribution in [2.24, 2.45) is 5.10 Å². The molecule has 0 aromatic heterocycles. The highest BCUT2D eigenvalue weighted by Gasteiger charge is 2.19. The second-order valence-electron chi connectivity index (χ2n) is 8.18. The third-order valence-corrected chi connectivity index (χ3v) is 5.49. The molecule has 34 heavy (non-hydrogen) atoms. The van der Waals surface area contributed by atoms with E-state index in [2.05, 4.69) is 51.5 Å². The van der Waals surface area contributed by atoms with Gasteiger partial charge in [-0.2, -0.15) is 5.10 Å². The molecule has 1 N–H and O–H groups in total. The predicted octanol–water partition coefficient (Wildman–Crippen LogP) is 2.21. The lowest BCUT2D eigenvalue weighted by Crippen LogP contribution is -2.48. The number of aryl methyl sites for hydroxylation is 1. The summed E-state index contributed by atoms with van der Waals surface area (Å²) >= 11 is 0. The molecule has 9 heteroatoms. The first-order valence-electron chi connectivity index (χ1n) is 11.1. The Bertz CT molecular complexity index is 989. The highest BCUT2D eigenvalue weighted by molar-refractivity contribution is 5.85. The van der Waals surface area contributed by atoms with Crippen LogP contribution >= 0.6 is 0 Å². The molecule has 0 aliphatic carbocycles. The smallest absolute Gasteiger partial charge is 0.308 e. The zero-order chi connectivity index (χ0) is 24.5. The van der Waals surface area contributed by atoms with E-state index in [1.54, 1.807) is 12.1 Å². The number of hydrogen-bond donors (Lipinski definition) is 1. The molecular formula is C25H32N4O5. The Morgan fingerprint density at radius 1 is 1.00 bits per heavy atom. The van der Waals surface area contributed by atoms with Crippen molar-refractivity contribution in [3.05, 3.63) is 53.1 Å². The molecule has 9 nitrogen and oxygen atoms in total. The van der Waals surface area contributed by atoms with Crippen LogP contribution in [-0.2, 0) is 16.1 Å². The van der Waals surface area contributed by atoms with Crippen LogP contribution in [-0.4, -0.2) is 74.8 Å². The number of carbonyl (C=O) groups is 2. The maximum Gasteiger partial charge on any atom is 0.308 e. The summed E-state index contributed by atoms with van der Waals surface area (Å²) in [5.41, 5.74) is 5.75. The Labute approximate surface area is 200 Å². The fourth-order valence-corrected chi connectivity index (χ4v) is 3.69. The van der Waals surface area contributed by atoms with Crippen molar-refractivity contribution in [3.8, 4) is 17.2 Å². The molecule has 182 valence electrons. The van der Waals surface area contributed by atoms with Gasteiger partial charge in [0.1, 0.15) is 0 Å². The molecule has 1 aliphatic rings. The van der Waals surface area contributed by atoms with Crippen molar-refractivity contribution in [1.82, 2.24) is 15.2 Å². The molecule has 1 amide bonds. The number of carbonyl (C=O) groups excluding carboxylic acids is 2. The number of benzene rings is 2. The second kappa shape index (κ2) is 12.2. The van der Waals surface area contributed by atoms with Crippen LogP contribution in [0.2, 0.25) is 0 Å². The van der Waals surface area contributed by atoms with Crippen LogP contribution in [0.15, 0.2) is 41.5 Å². The Balaban J connectivity index is 1.48. The highest BCUT2D eigenvalue weighted by Crippen LogP contribution is 2.38. The molecule has 0 bridgehead atoms. The number of ether oxygens (including phenoxy) is 3. The predicted molar refractivity (Wildman–Crippen MR) is 129 cm³/mol. The summed E-state index contributed by atoms with van der Waals surface area (Å²) in [5, 5.41) is 4.05. The van der Waals surface area contributed by atoms with E-state index in [1.807, 2.05) is 0 Å². The topological polar surface area (TPSA) is 92.7 Å². The van der Waals surface area contributed by atoms with Gasteiger partial charge in [-0.15, -0.1) is 0 Å². The molecular weight excluding hydrogens is 436 g/mol. The molecule has 0 spiro atoms. The maximum atomic E-state index is 12.3. The van der Waals surface area contributed by atoms with Gasteiger partial charge in [0.25, 0.3) is 5.91 Å². The van der Waals surface area contributed by atoms with Gasteiger partial charge in [-0.25, -0.2) is 5.43 Å². The first kappa shape index (κ1) is 25.2. The van der Waals surface area contributed by atoms with Crippen LogP contribution in [0.1, 0.15) is 23.6 Å². The monoisotopic (exact) mass is 468 g/mol. The number of nitrogens with one attached hydrogen (secondary N) is 1. The van der Waals surface area contributed by atoms with Gasteiger partial charge in [0, 0.05) is 45.2 Å². The number of amides is 1. The van der Waals surface area contributed by atoms with Crippen molar-refractivity contribution in [2.45, 2.75) is 20.4 Å². The molecule has 2 aromatic rings. The summed E-state index contributed by atoms with van der Waals surface area (Å²) in [7, 11) is 2.93. The van der Waals surface area contributed by atoms with Gasteiger partial charge in [-0.05, 0) is 24.6 Å². The van der Waals surface area contributed by atoms with E-state index in [4.69, 9.17) is 14.2 Å². The number of rotatable bonds is 9. The average molecular weight is 469 g/mol. The van der Waals surface area contributed by atoms with E-state index in [0.29, 0.717) is 17.1 Å². The number of esters is 1. The third kappa shape index (κ3) is 7.29. The van der Waals surface area contributed by atoms with Gasteiger partial charge in [-0.3, -0.25) is 19.4 Å². The number of hydrazone groups is 1. The Morgan fingerprint density at radius 3 is 2.15 bits per heavy atom. The largest absolute Gasteiger partial charge is 0.493 e. The lowest BCUT2D eigenvalue weighted by Gasteiger charge is -2.34. The third-order valence-electron chi connectivity index (χ3n) is 5.49. The molecule has 0 atom stereocenters. The summed E-state index contributed by atoms with van der Waals surface area (Å²) < 4.78 is 15.8. The van der Waals surface area contributed by atoms with Crippen LogP contribution in [0.25, 0.3) is 0 Å². The van der Waals surface area contributed by atoms with Crippen molar-refractivity contribution in [1.29, 1.82) is 0 Å². The van der Waals surface area contributed by atoms with Gasteiger partial charge in [0.15, 0.2) is 11.5 Å². The van der Waals surface area contributed by atoms with Gasteiger partial charge >= 0.3 is 5.97 Å². The van der Waals surface area contributed by atoms with Crippen molar-refractivity contribution < 1.29 is 23.8 Å². The second-order valence-corrected chi connectivity index (χ2v) is 8.18. The zero-order valence-corrected chi connectivity index (χ0v) is 20.2. The van der Waals surface area contributed by atoms with Gasteiger partial charge in [0.2, 0.25) is 5.75 Å². The molecule has 1 heterocycles. The summed E-state index contributed by atoms with van der Waals surface area (Å²) in [6.07, 6.45) is 1.49. The summed E-state index contributed by atoms with van der Waals surface area (Å²) in [6.45, 7) is 8.09. The molecule has 3 rings (SSSR count). The number of piperazine rings is 1. The van der Waals surface area contributed by atoms with Crippen LogP contribution < -0.4 is 19.6 Å². The van der Waals surface area contributed by atoms with Crippen LogP contribution in [0.3, 0.4) is 0 Å². The Morgan fingerprint density at radius 2 is 1.59 bits per heavy atom. The molecule has 0 unspecified atom stereocenters. The van der Waals surface area contributed by atoms with Crippen LogP contribution in [0.5, 0.6) is 17.2 Å². The average Bonchev–Trinajstić information content (AvgIpc) is 2.82. The van der Waals surface area contributed by atoms with Crippen molar-refractivity contribution in [3.63, 3.8) is 0 Å². The van der Waals surface area contributed by atoms with E-state index in [1.165, 1.54) is 38.5 Å². The quantitative estimate of drug-likeness (QED) is 0.261. The van der Waals surface area contributed by atoms with Crippen LogP contribution in [0.4, 0.5) is 0 Å². The van der Waals surface area contributed by atoms with Crippen molar-refractivity contribution in [2.75, 3.05) is 46.9 Å². The standard InChI is InChI=1S/C25H32N4O5/c1-18-5-7-20(8-6-18)16-28-9-11-29(12-10-28)17-24(31)27-26-15-21-13-22(32-3)25(34-19(2)30)23(14-21)33-4/h5-8,13-15H,9-12,16-17H2,1-4H3,(H,27,31)/b26-15+. The van der Waals surface area contributed by atoms with Crippen molar-refractivity contribution >= 4 is 18.1 Å². The van der Waals surface area contributed by atoms with E-state index in [0.717, 1.165) is 32.7 Å². The summed E-state index contributed by atoms with van der Waals surface area (Å²) in [5.74, 6) is 0.178. The normalized spacial score (nSPS) is 14.7. The van der Waals surface area contributed by atoms with E-state index >= 15 is 0 Å². The molecule has 1 saturated heterocycles.